The van der Waals surface area contributed by atoms with Crippen LogP contribution in [0.4, 0.5) is 11.4 Å². The number of carbonyl (C=O) groups is 1. The molecule has 0 spiro atoms. The Balaban J connectivity index is 2.33. The van der Waals surface area contributed by atoms with E-state index in [0.717, 1.165) is 15.7 Å². The van der Waals surface area contributed by atoms with E-state index < -0.39 is 0 Å². The summed E-state index contributed by atoms with van der Waals surface area (Å²) in [6, 6.07) is 12.9. The van der Waals surface area contributed by atoms with Gasteiger partial charge in [-0.2, -0.15) is 0 Å². The maximum absolute atomic E-state index is 12.5. The average molecular weight is 319 g/mol. The van der Waals surface area contributed by atoms with Crippen LogP contribution in [0.5, 0.6) is 0 Å². The summed E-state index contributed by atoms with van der Waals surface area (Å²) in [6.07, 6.45) is 0. The molecule has 4 heteroatoms. The molecule has 0 heterocycles. The largest absolute Gasteiger partial charge is 0.399 e. The lowest BCUT2D eigenvalue weighted by molar-refractivity contribution is 0.0992. The number of hydrogen-bond acceptors (Lipinski definition) is 2. The van der Waals surface area contributed by atoms with Crippen molar-refractivity contribution in [1.82, 2.24) is 0 Å². The standard InChI is InChI=1S/C15H15BrN2O/c1-10-13(4-3-5-14(10)16)15(19)18(2)12-8-6-11(17)7-9-12/h3-9H,17H2,1-2H3. The second-order valence-electron chi connectivity index (χ2n) is 4.37. The number of carbonyl (C=O) groups excluding carboxylic acids is 1. The molecule has 0 saturated carbocycles. The Bertz CT molecular complexity index is 608. The van der Waals surface area contributed by atoms with E-state index in [0.29, 0.717) is 11.3 Å². The van der Waals surface area contributed by atoms with Gasteiger partial charge in [-0.05, 0) is 48.9 Å². The molecular formula is C15H15BrN2O. The third-order valence-electron chi connectivity index (χ3n) is 3.08. The fraction of sp³-hybridized carbons (Fsp3) is 0.133. The first-order chi connectivity index (χ1) is 9.00. The van der Waals surface area contributed by atoms with Gasteiger partial charge >= 0.3 is 0 Å². The molecule has 0 radical (unpaired) electrons. The van der Waals surface area contributed by atoms with Gasteiger partial charge in [0.25, 0.3) is 5.91 Å². The summed E-state index contributed by atoms with van der Waals surface area (Å²) in [7, 11) is 1.76. The third-order valence-corrected chi connectivity index (χ3v) is 3.94. The van der Waals surface area contributed by atoms with Gasteiger partial charge in [0.15, 0.2) is 0 Å². The Morgan fingerprint density at radius 3 is 2.42 bits per heavy atom. The van der Waals surface area contributed by atoms with Crippen molar-refractivity contribution >= 4 is 33.2 Å². The molecule has 0 fully saturated rings. The first kappa shape index (κ1) is 13.6. The molecule has 0 aliphatic carbocycles. The molecule has 0 aliphatic heterocycles. The van der Waals surface area contributed by atoms with Gasteiger partial charge in [0.2, 0.25) is 0 Å². The van der Waals surface area contributed by atoms with E-state index >= 15 is 0 Å². The monoisotopic (exact) mass is 318 g/mol. The van der Waals surface area contributed by atoms with Gasteiger partial charge < -0.3 is 10.6 Å². The number of anilines is 2. The number of hydrogen-bond donors (Lipinski definition) is 1. The van der Waals surface area contributed by atoms with Gasteiger partial charge in [-0.15, -0.1) is 0 Å². The van der Waals surface area contributed by atoms with Crippen LogP contribution in [0.25, 0.3) is 0 Å². The zero-order valence-corrected chi connectivity index (χ0v) is 12.4. The topological polar surface area (TPSA) is 46.3 Å². The maximum Gasteiger partial charge on any atom is 0.258 e. The van der Waals surface area contributed by atoms with Crippen LogP contribution in [-0.2, 0) is 0 Å². The zero-order valence-electron chi connectivity index (χ0n) is 10.9. The van der Waals surface area contributed by atoms with E-state index in [4.69, 9.17) is 5.73 Å². The van der Waals surface area contributed by atoms with Gasteiger partial charge in [-0.25, -0.2) is 0 Å². The van der Waals surface area contributed by atoms with Crippen LogP contribution < -0.4 is 10.6 Å². The number of amides is 1. The van der Waals surface area contributed by atoms with Gasteiger partial charge in [-0.3, -0.25) is 4.79 Å². The number of nitrogen functional groups attached to an aromatic ring is 1. The maximum atomic E-state index is 12.5. The fourth-order valence-electron chi connectivity index (χ4n) is 1.84. The lowest BCUT2D eigenvalue weighted by Crippen LogP contribution is -2.26. The van der Waals surface area contributed by atoms with Crippen LogP contribution >= 0.6 is 15.9 Å². The molecule has 0 bridgehead atoms. The minimum Gasteiger partial charge on any atom is -0.399 e. The first-order valence-electron chi connectivity index (χ1n) is 5.89. The summed E-state index contributed by atoms with van der Waals surface area (Å²) >= 11 is 3.44. The smallest absolute Gasteiger partial charge is 0.258 e. The molecule has 98 valence electrons. The van der Waals surface area contributed by atoms with Crippen molar-refractivity contribution in [2.24, 2.45) is 0 Å². The van der Waals surface area contributed by atoms with E-state index in [2.05, 4.69) is 15.9 Å². The Kier molecular flexibility index (Phi) is 3.90. The minimum absolute atomic E-state index is 0.0384. The van der Waals surface area contributed by atoms with Crippen molar-refractivity contribution in [3.05, 3.63) is 58.1 Å². The number of nitrogens with zero attached hydrogens (tertiary/aromatic N) is 1. The number of nitrogens with two attached hydrogens (primary N) is 1. The predicted molar refractivity (Wildman–Crippen MR) is 82.5 cm³/mol. The molecule has 2 aromatic carbocycles. The van der Waals surface area contributed by atoms with Crippen LogP contribution in [0.15, 0.2) is 46.9 Å². The third kappa shape index (κ3) is 2.79. The van der Waals surface area contributed by atoms with Crippen LogP contribution in [-0.4, -0.2) is 13.0 Å². The Morgan fingerprint density at radius 2 is 1.79 bits per heavy atom. The molecule has 0 aliphatic rings. The first-order valence-corrected chi connectivity index (χ1v) is 6.68. The minimum atomic E-state index is -0.0384. The predicted octanol–water partition coefficient (Wildman–Crippen LogP) is 3.62. The van der Waals surface area contributed by atoms with E-state index in [-0.39, 0.29) is 5.91 Å². The summed E-state index contributed by atoms with van der Waals surface area (Å²) < 4.78 is 0.934. The number of halogens is 1. The van der Waals surface area contributed by atoms with Gasteiger partial charge in [0.05, 0.1) is 0 Å². The zero-order chi connectivity index (χ0) is 14.0. The van der Waals surface area contributed by atoms with E-state index in [1.165, 1.54) is 0 Å². The average Bonchev–Trinajstić information content (AvgIpc) is 2.41. The summed E-state index contributed by atoms with van der Waals surface area (Å²) in [5, 5.41) is 0. The normalized spacial score (nSPS) is 10.3. The fourth-order valence-corrected chi connectivity index (χ4v) is 2.20. The van der Waals surface area contributed by atoms with Crippen LogP contribution in [0.1, 0.15) is 15.9 Å². The molecule has 0 aromatic heterocycles. The van der Waals surface area contributed by atoms with Crippen molar-refractivity contribution < 1.29 is 4.79 Å². The number of benzene rings is 2. The lowest BCUT2D eigenvalue weighted by Gasteiger charge is -2.19. The molecular weight excluding hydrogens is 304 g/mol. The van der Waals surface area contributed by atoms with Crippen molar-refractivity contribution in [3.63, 3.8) is 0 Å². The highest BCUT2D eigenvalue weighted by Crippen LogP contribution is 2.23. The molecule has 3 nitrogen and oxygen atoms in total. The van der Waals surface area contributed by atoms with Gasteiger partial charge in [0, 0.05) is 28.5 Å². The highest BCUT2D eigenvalue weighted by molar-refractivity contribution is 9.10. The second-order valence-corrected chi connectivity index (χ2v) is 5.22. The van der Waals surface area contributed by atoms with Crippen molar-refractivity contribution in [3.8, 4) is 0 Å². The van der Waals surface area contributed by atoms with Crippen LogP contribution in [0.3, 0.4) is 0 Å². The van der Waals surface area contributed by atoms with E-state index in [1.54, 1.807) is 24.1 Å². The summed E-state index contributed by atoms with van der Waals surface area (Å²) in [5.41, 5.74) is 8.78. The van der Waals surface area contributed by atoms with Crippen molar-refractivity contribution in [1.29, 1.82) is 0 Å². The van der Waals surface area contributed by atoms with E-state index in [9.17, 15) is 4.79 Å². The number of rotatable bonds is 2. The Hall–Kier alpha value is -1.81. The molecule has 0 atom stereocenters. The van der Waals surface area contributed by atoms with Crippen LogP contribution in [0, 0.1) is 6.92 Å². The molecule has 2 rings (SSSR count). The van der Waals surface area contributed by atoms with Crippen LogP contribution in [0.2, 0.25) is 0 Å². The Morgan fingerprint density at radius 1 is 1.16 bits per heavy atom. The molecule has 0 unspecified atom stereocenters. The molecule has 1 amide bonds. The van der Waals surface area contributed by atoms with Crippen molar-refractivity contribution in [2.45, 2.75) is 6.92 Å². The lowest BCUT2D eigenvalue weighted by atomic mass is 10.1. The SMILES string of the molecule is Cc1c(Br)cccc1C(=O)N(C)c1ccc(N)cc1. The summed E-state index contributed by atoms with van der Waals surface area (Å²) in [5.74, 6) is -0.0384. The summed E-state index contributed by atoms with van der Waals surface area (Å²) in [4.78, 5) is 14.1. The van der Waals surface area contributed by atoms with Gasteiger partial charge in [-0.1, -0.05) is 22.0 Å². The summed E-state index contributed by atoms with van der Waals surface area (Å²) in [6.45, 7) is 1.92. The molecule has 2 N–H and O–H groups in total. The van der Waals surface area contributed by atoms with Gasteiger partial charge in [0.1, 0.15) is 0 Å². The molecule has 19 heavy (non-hydrogen) atoms. The second kappa shape index (κ2) is 5.45. The highest BCUT2D eigenvalue weighted by atomic mass is 79.9. The molecule has 0 saturated heterocycles. The van der Waals surface area contributed by atoms with E-state index in [1.807, 2.05) is 37.3 Å². The quantitative estimate of drug-likeness (QED) is 0.860. The highest BCUT2D eigenvalue weighted by Gasteiger charge is 2.16. The molecule has 2 aromatic rings. The van der Waals surface area contributed by atoms with Crippen molar-refractivity contribution in [2.75, 3.05) is 17.7 Å². The Labute approximate surface area is 121 Å².